The number of benzene rings is 1. The van der Waals surface area contributed by atoms with Crippen LogP contribution in [0.3, 0.4) is 0 Å². The second-order valence-corrected chi connectivity index (χ2v) is 8.96. The number of anilines is 2. The number of rotatable bonds is 9. The number of carbonyl (C=O) groups is 1. The van der Waals surface area contributed by atoms with Gasteiger partial charge in [0, 0.05) is 0 Å². The summed E-state index contributed by atoms with van der Waals surface area (Å²) < 4.78 is 5.74. The van der Waals surface area contributed by atoms with E-state index >= 15 is 0 Å². The fraction of sp³-hybridized carbons (Fsp3) is 0.500. The van der Waals surface area contributed by atoms with Crippen molar-refractivity contribution in [2.24, 2.45) is 11.7 Å². The predicted octanol–water partition coefficient (Wildman–Crippen LogP) is 2.10. The number of hydrazine groups is 1. The Morgan fingerprint density at radius 2 is 2.11 bits per heavy atom. The SMILES string of the molecule is CC(C)(C)OC(=O)C(CN)CCCc1ccccc1N(c1nnc[se]1)[N+](=O)[O-]. The number of hydrogen-bond acceptors (Lipinski definition) is 7. The van der Waals surface area contributed by atoms with Gasteiger partial charge in [-0.05, 0) is 0 Å². The third-order valence-electron chi connectivity index (χ3n) is 3.94. The molecule has 2 aromatic rings. The minimum atomic E-state index is -0.560. The van der Waals surface area contributed by atoms with Gasteiger partial charge in [0.15, 0.2) is 0 Å². The number of para-hydroxylation sites is 1. The second-order valence-electron chi connectivity index (χ2n) is 7.26. The Hall–Kier alpha value is -2.29. The molecule has 0 amide bonds. The summed E-state index contributed by atoms with van der Waals surface area (Å²) in [6, 6.07) is 7.13. The molecular formula is C18H25N5O4Se. The summed E-state index contributed by atoms with van der Waals surface area (Å²) in [7, 11) is 0. The van der Waals surface area contributed by atoms with Gasteiger partial charge in [-0.25, -0.2) is 0 Å². The number of nitro groups is 1. The van der Waals surface area contributed by atoms with Crippen LogP contribution >= 0.6 is 0 Å². The fourth-order valence-corrected chi connectivity index (χ4v) is 3.85. The molecule has 1 unspecified atom stereocenters. The van der Waals surface area contributed by atoms with Crippen molar-refractivity contribution in [2.75, 3.05) is 11.6 Å². The van der Waals surface area contributed by atoms with Crippen molar-refractivity contribution in [3.8, 4) is 0 Å². The summed E-state index contributed by atoms with van der Waals surface area (Å²) in [6.07, 6.45) is 1.77. The Labute approximate surface area is 169 Å². The Morgan fingerprint density at radius 3 is 2.68 bits per heavy atom. The van der Waals surface area contributed by atoms with E-state index in [1.54, 1.807) is 17.2 Å². The first-order valence-electron chi connectivity index (χ1n) is 8.94. The molecular weight excluding hydrogens is 429 g/mol. The van der Waals surface area contributed by atoms with E-state index in [9.17, 15) is 14.9 Å². The molecule has 1 aromatic carbocycles. The molecule has 152 valence electrons. The van der Waals surface area contributed by atoms with Gasteiger partial charge in [0.1, 0.15) is 0 Å². The Bertz CT molecular complexity index is 792. The number of nitrogens with zero attached hydrogens (tertiary/aromatic N) is 4. The van der Waals surface area contributed by atoms with Gasteiger partial charge in [-0.15, -0.1) is 0 Å². The number of nitrogens with two attached hydrogens (primary N) is 1. The van der Waals surface area contributed by atoms with E-state index in [1.165, 1.54) is 0 Å². The van der Waals surface area contributed by atoms with Crippen LogP contribution in [0.1, 0.15) is 39.2 Å². The van der Waals surface area contributed by atoms with Gasteiger partial charge < -0.3 is 0 Å². The number of aryl methyl sites for hydroxylation is 1. The third kappa shape index (κ3) is 6.12. The topological polar surface area (TPSA) is 124 Å². The monoisotopic (exact) mass is 455 g/mol. The van der Waals surface area contributed by atoms with Crippen molar-refractivity contribution in [2.45, 2.75) is 45.6 Å². The van der Waals surface area contributed by atoms with E-state index in [0.717, 1.165) is 10.6 Å². The maximum atomic E-state index is 12.2. The number of ether oxygens (including phenoxy) is 1. The summed E-state index contributed by atoms with van der Waals surface area (Å²) in [5.41, 5.74) is 6.47. The van der Waals surface area contributed by atoms with Gasteiger partial charge in [0.05, 0.1) is 0 Å². The first kappa shape index (κ1) is 22.0. The van der Waals surface area contributed by atoms with Crippen molar-refractivity contribution < 1.29 is 14.6 Å². The zero-order valence-electron chi connectivity index (χ0n) is 16.2. The molecule has 0 radical (unpaired) electrons. The first-order valence-corrected chi connectivity index (χ1v) is 10.8. The molecule has 0 aliphatic carbocycles. The molecule has 0 aliphatic rings. The number of esters is 1. The van der Waals surface area contributed by atoms with E-state index < -0.39 is 16.6 Å². The molecule has 2 rings (SSSR count). The van der Waals surface area contributed by atoms with Crippen LogP contribution in [-0.4, -0.2) is 47.8 Å². The van der Waals surface area contributed by atoms with Gasteiger partial charge in [0.25, 0.3) is 0 Å². The molecule has 1 aromatic heterocycles. The van der Waals surface area contributed by atoms with Crippen molar-refractivity contribution in [1.82, 2.24) is 10.2 Å². The summed E-state index contributed by atoms with van der Waals surface area (Å²) >= 11 is -0.276. The molecule has 10 heteroatoms. The van der Waals surface area contributed by atoms with E-state index in [0.29, 0.717) is 29.6 Å². The average Bonchev–Trinajstić information content (AvgIpc) is 3.12. The molecule has 0 bridgehead atoms. The molecule has 0 saturated carbocycles. The van der Waals surface area contributed by atoms with E-state index in [-0.39, 0.29) is 27.0 Å². The van der Waals surface area contributed by atoms with Crippen LogP contribution in [0.5, 0.6) is 0 Å². The number of carbonyl (C=O) groups excluding carboxylic acids is 1. The fourth-order valence-electron chi connectivity index (χ4n) is 2.71. The van der Waals surface area contributed by atoms with E-state index in [4.69, 9.17) is 10.5 Å². The molecule has 9 nitrogen and oxygen atoms in total. The van der Waals surface area contributed by atoms with Crippen molar-refractivity contribution >= 4 is 30.9 Å². The quantitative estimate of drug-likeness (QED) is 0.264. The average molecular weight is 454 g/mol. The summed E-state index contributed by atoms with van der Waals surface area (Å²) in [5.74, 6) is -0.704. The summed E-state index contributed by atoms with van der Waals surface area (Å²) in [5, 5.41) is 21.4. The standard InChI is InChI=1S/C18H25N5O4Se/c1-18(2,3)27-16(24)14(11-19)9-6-8-13-7-4-5-10-15(13)22(23(25)26)17-21-20-12-28-17/h4-5,7,10,12,14H,6,8-9,11,19H2,1-3H3. The molecule has 0 fully saturated rings. The first-order chi connectivity index (χ1) is 13.2. The van der Waals surface area contributed by atoms with Crippen LogP contribution in [0.25, 0.3) is 0 Å². The molecule has 0 aliphatic heterocycles. The van der Waals surface area contributed by atoms with Crippen LogP contribution < -0.4 is 10.7 Å². The second kappa shape index (κ2) is 9.77. The molecule has 1 heterocycles. The van der Waals surface area contributed by atoms with Crippen molar-refractivity contribution in [3.05, 3.63) is 45.0 Å². The van der Waals surface area contributed by atoms with Gasteiger partial charge in [0.2, 0.25) is 0 Å². The zero-order valence-corrected chi connectivity index (χ0v) is 17.9. The van der Waals surface area contributed by atoms with Crippen LogP contribution in [-0.2, 0) is 16.0 Å². The predicted molar refractivity (Wildman–Crippen MR) is 106 cm³/mol. The minimum absolute atomic E-state index is 0.203. The van der Waals surface area contributed by atoms with Crippen LogP contribution in [0.4, 0.5) is 10.4 Å². The summed E-state index contributed by atoms with van der Waals surface area (Å²) in [4.78, 5) is 23.9. The van der Waals surface area contributed by atoms with Gasteiger partial charge in [-0.3, -0.25) is 0 Å². The molecule has 28 heavy (non-hydrogen) atoms. The van der Waals surface area contributed by atoms with Gasteiger partial charge in [-0.1, -0.05) is 0 Å². The Balaban J connectivity index is 2.09. The molecule has 2 N–H and O–H groups in total. The Morgan fingerprint density at radius 1 is 1.39 bits per heavy atom. The molecule has 0 spiro atoms. The Kier molecular flexibility index (Phi) is 7.68. The molecule has 1 atom stereocenters. The zero-order chi connectivity index (χ0) is 20.7. The van der Waals surface area contributed by atoms with Crippen LogP contribution in [0.2, 0.25) is 0 Å². The van der Waals surface area contributed by atoms with E-state index in [2.05, 4.69) is 10.2 Å². The van der Waals surface area contributed by atoms with Crippen molar-refractivity contribution in [1.29, 1.82) is 0 Å². The number of hydrogen-bond donors (Lipinski definition) is 1. The molecule has 0 saturated heterocycles. The van der Waals surface area contributed by atoms with E-state index in [1.807, 2.05) is 32.9 Å². The van der Waals surface area contributed by atoms with Crippen LogP contribution in [0.15, 0.2) is 29.3 Å². The van der Waals surface area contributed by atoms with Gasteiger partial charge >= 0.3 is 169 Å². The number of aromatic nitrogens is 2. The third-order valence-corrected chi connectivity index (χ3v) is 5.33. The normalized spacial score (nSPS) is 12.4. The van der Waals surface area contributed by atoms with Crippen LogP contribution in [0, 0.1) is 16.0 Å². The van der Waals surface area contributed by atoms with Crippen molar-refractivity contribution in [3.63, 3.8) is 0 Å². The summed E-state index contributed by atoms with van der Waals surface area (Å²) in [6.45, 7) is 5.65. The van der Waals surface area contributed by atoms with Gasteiger partial charge in [-0.2, -0.15) is 0 Å². The maximum absolute atomic E-state index is 12.2.